The molecule has 0 radical (unpaired) electrons. The summed E-state index contributed by atoms with van der Waals surface area (Å²) < 4.78 is 5.58. The van der Waals surface area contributed by atoms with Gasteiger partial charge in [-0.3, -0.25) is 4.79 Å². The fraction of sp³-hybridized carbons (Fsp3) is 0.923. The molecule has 2 atom stereocenters. The number of carboxylic acid groups (broad SMARTS) is 1. The number of hydrogen-bond acceptors (Lipinski definition) is 3. The molecule has 4 heteroatoms. The summed E-state index contributed by atoms with van der Waals surface area (Å²) in [6.07, 6.45) is 5.05. The first kappa shape index (κ1) is 14.5. The summed E-state index contributed by atoms with van der Waals surface area (Å²) in [5.41, 5.74) is 0. The van der Waals surface area contributed by atoms with Crippen molar-refractivity contribution in [3.8, 4) is 0 Å². The smallest absolute Gasteiger partial charge is 0.307 e. The molecular formula is C13H25NO3. The molecule has 0 aromatic heterocycles. The predicted octanol–water partition coefficient (Wildman–Crippen LogP) is 1.99. The van der Waals surface area contributed by atoms with E-state index in [4.69, 9.17) is 9.84 Å². The van der Waals surface area contributed by atoms with Crippen molar-refractivity contribution < 1.29 is 14.6 Å². The van der Waals surface area contributed by atoms with Crippen molar-refractivity contribution >= 4 is 5.97 Å². The maximum atomic E-state index is 10.8. The van der Waals surface area contributed by atoms with Crippen LogP contribution in [0.25, 0.3) is 0 Å². The molecule has 17 heavy (non-hydrogen) atoms. The minimum Gasteiger partial charge on any atom is -0.481 e. The Hall–Kier alpha value is -0.610. The molecule has 1 rings (SSSR count). The van der Waals surface area contributed by atoms with Gasteiger partial charge in [-0.15, -0.1) is 0 Å². The zero-order valence-electron chi connectivity index (χ0n) is 11.0. The Bertz CT molecular complexity index is 227. The van der Waals surface area contributed by atoms with Crippen molar-refractivity contribution in [3.63, 3.8) is 0 Å². The van der Waals surface area contributed by atoms with Crippen LogP contribution in [0.2, 0.25) is 0 Å². The second kappa shape index (κ2) is 7.67. The molecule has 0 saturated carbocycles. The lowest BCUT2D eigenvalue weighted by molar-refractivity contribution is -0.141. The highest BCUT2D eigenvalue weighted by Crippen LogP contribution is 2.17. The Morgan fingerprint density at radius 2 is 2.35 bits per heavy atom. The molecule has 1 fully saturated rings. The monoisotopic (exact) mass is 243 g/mol. The molecule has 0 spiro atoms. The number of carbonyl (C=O) groups is 1. The van der Waals surface area contributed by atoms with E-state index in [9.17, 15) is 4.79 Å². The summed E-state index contributed by atoms with van der Waals surface area (Å²) in [7, 11) is 0. The molecule has 1 aliphatic heterocycles. The number of hydrogen-bond donors (Lipinski definition) is 1. The lowest BCUT2D eigenvalue weighted by Gasteiger charge is -2.22. The fourth-order valence-corrected chi connectivity index (χ4v) is 2.26. The van der Waals surface area contributed by atoms with Gasteiger partial charge in [0.05, 0.1) is 12.0 Å². The van der Waals surface area contributed by atoms with Gasteiger partial charge >= 0.3 is 5.97 Å². The third-order valence-electron chi connectivity index (χ3n) is 3.43. The third kappa shape index (κ3) is 5.50. The maximum Gasteiger partial charge on any atom is 0.307 e. The molecule has 4 nitrogen and oxygen atoms in total. The van der Waals surface area contributed by atoms with Gasteiger partial charge in [-0.05, 0) is 38.8 Å². The van der Waals surface area contributed by atoms with Gasteiger partial charge in [0.25, 0.3) is 0 Å². The zero-order chi connectivity index (χ0) is 12.7. The number of rotatable bonds is 8. The summed E-state index contributed by atoms with van der Waals surface area (Å²) in [6, 6.07) is 0. The van der Waals surface area contributed by atoms with Gasteiger partial charge in [0.2, 0.25) is 0 Å². The molecule has 100 valence electrons. The van der Waals surface area contributed by atoms with Crippen molar-refractivity contribution in [3.05, 3.63) is 0 Å². The van der Waals surface area contributed by atoms with Crippen LogP contribution in [-0.2, 0) is 9.53 Å². The van der Waals surface area contributed by atoms with E-state index in [-0.39, 0.29) is 5.92 Å². The first-order chi connectivity index (χ1) is 8.13. The number of ether oxygens (including phenoxy) is 1. The van der Waals surface area contributed by atoms with E-state index in [1.807, 2.05) is 0 Å². The van der Waals surface area contributed by atoms with Gasteiger partial charge in [-0.2, -0.15) is 0 Å². The Morgan fingerprint density at radius 3 is 2.88 bits per heavy atom. The highest BCUT2D eigenvalue weighted by molar-refractivity contribution is 5.69. The molecule has 0 aromatic carbocycles. The van der Waals surface area contributed by atoms with E-state index >= 15 is 0 Å². The highest BCUT2D eigenvalue weighted by atomic mass is 16.5. The highest BCUT2D eigenvalue weighted by Gasteiger charge is 2.17. The maximum absolute atomic E-state index is 10.8. The SMILES string of the molecule is CCN(CCCC1CCCO1)CC(C)C(=O)O. The fourth-order valence-electron chi connectivity index (χ4n) is 2.26. The summed E-state index contributed by atoms with van der Waals surface area (Å²) in [4.78, 5) is 13.0. The van der Waals surface area contributed by atoms with Crippen LogP contribution in [0.5, 0.6) is 0 Å². The Kier molecular flexibility index (Phi) is 6.52. The van der Waals surface area contributed by atoms with Crippen molar-refractivity contribution in [2.45, 2.75) is 45.6 Å². The Labute approximate surface area is 104 Å². The van der Waals surface area contributed by atoms with Gasteiger partial charge < -0.3 is 14.7 Å². The van der Waals surface area contributed by atoms with Crippen LogP contribution >= 0.6 is 0 Å². The number of carboxylic acids is 1. The molecule has 0 amide bonds. The van der Waals surface area contributed by atoms with Crippen LogP contribution in [-0.4, -0.2) is 48.3 Å². The minimum atomic E-state index is -0.706. The largest absolute Gasteiger partial charge is 0.481 e. The molecule has 1 heterocycles. The van der Waals surface area contributed by atoms with E-state index in [0.29, 0.717) is 12.6 Å². The van der Waals surface area contributed by atoms with Crippen molar-refractivity contribution in [2.75, 3.05) is 26.2 Å². The van der Waals surface area contributed by atoms with Gasteiger partial charge in [0, 0.05) is 13.2 Å². The van der Waals surface area contributed by atoms with Crippen LogP contribution in [0.4, 0.5) is 0 Å². The zero-order valence-corrected chi connectivity index (χ0v) is 11.0. The Balaban J connectivity index is 2.15. The van der Waals surface area contributed by atoms with Crippen molar-refractivity contribution in [1.82, 2.24) is 4.90 Å². The summed E-state index contributed by atoms with van der Waals surface area (Å²) in [6.45, 7) is 7.32. The van der Waals surface area contributed by atoms with Crippen LogP contribution in [0.1, 0.15) is 39.5 Å². The summed E-state index contributed by atoms with van der Waals surface area (Å²) in [5.74, 6) is -0.986. The topological polar surface area (TPSA) is 49.8 Å². The minimum absolute atomic E-state index is 0.280. The summed E-state index contributed by atoms with van der Waals surface area (Å²) >= 11 is 0. The van der Waals surface area contributed by atoms with E-state index in [1.54, 1.807) is 6.92 Å². The first-order valence-corrected chi connectivity index (χ1v) is 6.70. The molecule has 2 unspecified atom stereocenters. The van der Waals surface area contributed by atoms with Crippen molar-refractivity contribution in [2.24, 2.45) is 5.92 Å². The molecule has 0 aromatic rings. The average molecular weight is 243 g/mol. The van der Waals surface area contributed by atoms with Crippen LogP contribution in [0.15, 0.2) is 0 Å². The van der Waals surface area contributed by atoms with Crippen LogP contribution in [0, 0.1) is 5.92 Å². The average Bonchev–Trinajstić information content (AvgIpc) is 2.80. The number of aliphatic carboxylic acids is 1. The third-order valence-corrected chi connectivity index (χ3v) is 3.43. The molecular weight excluding hydrogens is 218 g/mol. The molecule has 1 saturated heterocycles. The molecule has 0 aliphatic carbocycles. The summed E-state index contributed by atoms with van der Waals surface area (Å²) in [5, 5.41) is 8.88. The Morgan fingerprint density at radius 1 is 1.59 bits per heavy atom. The first-order valence-electron chi connectivity index (χ1n) is 6.70. The standard InChI is InChI=1S/C13H25NO3/c1-3-14(10-11(2)13(15)16)8-4-6-12-7-5-9-17-12/h11-12H,3-10H2,1-2H3,(H,15,16). The second-order valence-corrected chi connectivity index (χ2v) is 4.91. The lowest BCUT2D eigenvalue weighted by atomic mass is 10.1. The van der Waals surface area contributed by atoms with Gasteiger partial charge in [-0.25, -0.2) is 0 Å². The normalized spacial score (nSPS) is 21.9. The van der Waals surface area contributed by atoms with Crippen LogP contribution in [0.3, 0.4) is 0 Å². The van der Waals surface area contributed by atoms with Crippen LogP contribution < -0.4 is 0 Å². The van der Waals surface area contributed by atoms with Gasteiger partial charge in [-0.1, -0.05) is 13.8 Å². The van der Waals surface area contributed by atoms with E-state index in [0.717, 1.165) is 32.5 Å². The van der Waals surface area contributed by atoms with Gasteiger partial charge in [0.15, 0.2) is 0 Å². The second-order valence-electron chi connectivity index (χ2n) is 4.91. The number of nitrogens with zero attached hydrogens (tertiary/aromatic N) is 1. The predicted molar refractivity (Wildman–Crippen MR) is 67.1 cm³/mol. The van der Waals surface area contributed by atoms with Gasteiger partial charge in [0.1, 0.15) is 0 Å². The lowest BCUT2D eigenvalue weighted by Crippen LogP contribution is -2.32. The molecule has 1 aliphatic rings. The van der Waals surface area contributed by atoms with E-state index in [1.165, 1.54) is 12.8 Å². The quantitative estimate of drug-likeness (QED) is 0.708. The van der Waals surface area contributed by atoms with Crippen molar-refractivity contribution in [1.29, 1.82) is 0 Å². The molecule has 0 bridgehead atoms. The molecule has 1 N–H and O–H groups in total. The van der Waals surface area contributed by atoms with E-state index < -0.39 is 5.97 Å². The van der Waals surface area contributed by atoms with E-state index in [2.05, 4.69) is 11.8 Å².